The lowest BCUT2D eigenvalue weighted by Crippen LogP contribution is -1.96. The molecule has 3 rings (SSSR count). The lowest BCUT2D eigenvalue weighted by atomic mass is 10.3. The highest BCUT2D eigenvalue weighted by atomic mass is 32.2. The molecule has 20 heavy (non-hydrogen) atoms. The molecule has 0 spiro atoms. The maximum absolute atomic E-state index is 11.6. The van der Waals surface area contributed by atoms with Crippen molar-refractivity contribution in [3.05, 3.63) is 42.7 Å². The van der Waals surface area contributed by atoms with E-state index in [0.717, 1.165) is 16.9 Å². The summed E-state index contributed by atoms with van der Waals surface area (Å²) in [6, 6.07) is 8.75. The zero-order valence-corrected chi connectivity index (χ0v) is 11.9. The Bertz CT molecular complexity index is 883. The highest BCUT2D eigenvalue weighted by molar-refractivity contribution is 7.90. The second-order valence-electron chi connectivity index (χ2n) is 4.66. The third-order valence-electron chi connectivity index (χ3n) is 3.20. The third-order valence-corrected chi connectivity index (χ3v) is 4.31. The molecule has 0 aliphatic rings. The molecule has 0 N–H and O–H groups in total. The molecule has 0 unspecified atom stereocenters. The molecule has 2 heterocycles. The van der Waals surface area contributed by atoms with E-state index >= 15 is 0 Å². The van der Waals surface area contributed by atoms with Crippen molar-refractivity contribution in [1.82, 2.24) is 14.5 Å². The summed E-state index contributed by atoms with van der Waals surface area (Å²) in [5.74, 6) is 0.763. The van der Waals surface area contributed by atoms with Gasteiger partial charge in [-0.25, -0.2) is 13.4 Å². The number of hydrogen-bond acceptors (Lipinski definition) is 4. The molecule has 0 saturated heterocycles. The first-order valence-corrected chi connectivity index (χ1v) is 7.93. The molecule has 3 aromatic rings. The summed E-state index contributed by atoms with van der Waals surface area (Å²) < 4.78 is 25.1. The summed E-state index contributed by atoms with van der Waals surface area (Å²) >= 11 is 0. The van der Waals surface area contributed by atoms with E-state index in [1.54, 1.807) is 30.6 Å². The van der Waals surface area contributed by atoms with Gasteiger partial charge in [-0.2, -0.15) is 0 Å². The molecule has 0 bridgehead atoms. The lowest BCUT2D eigenvalue weighted by molar-refractivity contribution is 0.602. The van der Waals surface area contributed by atoms with Crippen molar-refractivity contribution in [2.75, 3.05) is 6.26 Å². The molecule has 1 aromatic carbocycles. The topological polar surface area (TPSA) is 64.8 Å². The maximum atomic E-state index is 11.6. The number of benzene rings is 1. The van der Waals surface area contributed by atoms with Crippen molar-refractivity contribution >= 4 is 20.9 Å². The number of nitrogens with zero attached hydrogens (tertiary/aromatic N) is 3. The number of imidazole rings is 1. The molecular weight excluding hydrogens is 274 g/mol. The van der Waals surface area contributed by atoms with E-state index in [9.17, 15) is 8.42 Å². The summed E-state index contributed by atoms with van der Waals surface area (Å²) in [6.07, 6.45) is 4.63. The molecule has 6 heteroatoms. The zero-order chi connectivity index (χ0) is 14.3. The van der Waals surface area contributed by atoms with Crippen LogP contribution in [0.3, 0.4) is 0 Å². The highest BCUT2D eigenvalue weighted by Gasteiger charge is 2.13. The number of pyridine rings is 1. The van der Waals surface area contributed by atoms with Gasteiger partial charge in [-0.15, -0.1) is 0 Å². The molecule has 0 saturated carbocycles. The zero-order valence-electron chi connectivity index (χ0n) is 11.1. The Morgan fingerprint density at radius 2 is 2.00 bits per heavy atom. The van der Waals surface area contributed by atoms with Gasteiger partial charge in [0.2, 0.25) is 0 Å². The SMILES string of the molecule is Cn1c(-c2cccnc2)nc2cc(S(C)(=O)=O)ccc21. The minimum atomic E-state index is -3.22. The van der Waals surface area contributed by atoms with Crippen LogP contribution in [0.2, 0.25) is 0 Å². The van der Waals surface area contributed by atoms with Gasteiger partial charge in [0.05, 0.1) is 15.9 Å². The van der Waals surface area contributed by atoms with Crippen molar-refractivity contribution in [2.45, 2.75) is 4.90 Å². The minimum Gasteiger partial charge on any atom is -0.327 e. The molecule has 0 fully saturated rings. The van der Waals surface area contributed by atoms with Crippen molar-refractivity contribution < 1.29 is 8.42 Å². The second kappa shape index (κ2) is 4.42. The van der Waals surface area contributed by atoms with E-state index in [1.807, 2.05) is 23.7 Å². The van der Waals surface area contributed by atoms with Crippen molar-refractivity contribution in [2.24, 2.45) is 7.05 Å². The second-order valence-corrected chi connectivity index (χ2v) is 6.67. The predicted molar refractivity (Wildman–Crippen MR) is 77.1 cm³/mol. The van der Waals surface area contributed by atoms with Gasteiger partial charge >= 0.3 is 0 Å². The number of rotatable bonds is 2. The summed E-state index contributed by atoms with van der Waals surface area (Å²) in [5, 5.41) is 0. The molecule has 5 nitrogen and oxygen atoms in total. The smallest absolute Gasteiger partial charge is 0.175 e. The highest BCUT2D eigenvalue weighted by Crippen LogP contribution is 2.24. The normalized spacial score (nSPS) is 11.9. The van der Waals surface area contributed by atoms with E-state index in [4.69, 9.17) is 0 Å². The van der Waals surface area contributed by atoms with E-state index in [2.05, 4.69) is 9.97 Å². The van der Waals surface area contributed by atoms with Crippen LogP contribution in [0.1, 0.15) is 0 Å². The van der Waals surface area contributed by atoms with Gasteiger partial charge in [0.15, 0.2) is 9.84 Å². The van der Waals surface area contributed by atoms with Crippen LogP contribution in [0.15, 0.2) is 47.6 Å². The molecule has 0 radical (unpaired) electrons. The van der Waals surface area contributed by atoms with Crippen LogP contribution < -0.4 is 0 Å². The number of hydrogen-bond donors (Lipinski definition) is 0. The average molecular weight is 287 g/mol. The van der Waals surface area contributed by atoms with Crippen LogP contribution in [0, 0.1) is 0 Å². The van der Waals surface area contributed by atoms with Crippen LogP contribution in [0.5, 0.6) is 0 Å². The van der Waals surface area contributed by atoms with Crippen LogP contribution >= 0.6 is 0 Å². The van der Waals surface area contributed by atoms with E-state index in [0.29, 0.717) is 5.52 Å². The molecular formula is C14H13N3O2S. The monoisotopic (exact) mass is 287 g/mol. The first-order valence-electron chi connectivity index (χ1n) is 6.04. The summed E-state index contributed by atoms with van der Waals surface area (Å²) in [6.45, 7) is 0. The number of fused-ring (bicyclic) bond motifs is 1. The standard InChI is InChI=1S/C14H13N3O2S/c1-17-13-6-5-11(20(2,18)19)8-12(13)16-14(17)10-4-3-7-15-9-10/h3-9H,1-2H3. The Labute approximate surface area is 116 Å². The van der Waals surface area contributed by atoms with Gasteiger partial charge in [-0.3, -0.25) is 4.98 Å². The maximum Gasteiger partial charge on any atom is 0.175 e. The van der Waals surface area contributed by atoms with Crippen molar-refractivity contribution in [3.8, 4) is 11.4 Å². The first-order chi connectivity index (χ1) is 9.47. The van der Waals surface area contributed by atoms with Crippen LogP contribution in [-0.4, -0.2) is 29.2 Å². The van der Waals surface area contributed by atoms with Gasteiger partial charge in [0.1, 0.15) is 5.82 Å². The summed E-state index contributed by atoms with van der Waals surface area (Å²) in [7, 11) is -1.32. The Hall–Kier alpha value is -2.21. The molecule has 0 aliphatic heterocycles. The largest absolute Gasteiger partial charge is 0.327 e. The van der Waals surface area contributed by atoms with E-state index < -0.39 is 9.84 Å². The van der Waals surface area contributed by atoms with E-state index in [-0.39, 0.29) is 4.90 Å². The lowest BCUT2D eigenvalue weighted by Gasteiger charge is -2.01. The number of sulfone groups is 1. The van der Waals surface area contributed by atoms with Crippen LogP contribution in [0.25, 0.3) is 22.4 Å². The fourth-order valence-electron chi connectivity index (χ4n) is 2.16. The Morgan fingerprint density at radius 1 is 1.20 bits per heavy atom. The van der Waals surface area contributed by atoms with Gasteiger partial charge in [-0.1, -0.05) is 0 Å². The Morgan fingerprint density at radius 3 is 2.65 bits per heavy atom. The summed E-state index contributed by atoms with van der Waals surface area (Å²) in [4.78, 5) is 8.87. The van der Waals surface area contributed by atoms with Crippen LogP contribution in [0.4, 0.5) is 0 Å². The minimum absolute atomic E-state index is 0.279. The number of aromatic nitrogens is 3. The molecule has 0 amide bonds. The average Bonchev–Trinajstić information content (AvgIpc) is 2.76. The molecule has 2 aromatic heterocycles. The van der Waals surface area contributed by atoms with Crippen molar-refractivity contribution in [1.29, 1.82) is 0 Å². The van der Waals surface area contributed by atoms with Gasteiger partial charge in [0, 0.05) is 31.3 Å². The first kappa shape index (κ1) is 12.8. The fraction of sp³-hybridized carbons (Fsp3) is 0.143. The third kappa shape index (κ3) is 2.08. The van der Waals surface area contributed by atoms with Gasteiger partial charge in [0.25, 0.3) is 0 Å². The summed E-state index contributed by atoms with van der Waals surface area (Å²) in [5.41, 5.74) is 2.44. The quantitative estimate of drug-likeness (QED) is 0.723. The van der Waals surface area contributed by atoms with Crippen molar-refractivity contribution in [3.63, 3.8) is 0 Å². The Kier molecular flexibility index (Phi) is 2.83. The number of aryl methyl sites for hydroxylation is 1. The molecule has 0 aliphatic carbocycles. The fourth-order valence-corrected chi connectivity index (χ4v) is 2.80. The molecule has 0 atom stereocenters. The molecule has 102 valence electrons. The Balaban J connectivity index is 2.25. The van der Waals surface area contributed by atoms with Gasteiger partial charge in [-0.05, 0) is 30.3 Å². The van der Waals surface area contributed by atoms with Crippen LogP contribution in [-0.2, 0) is 16.9 Å². The predicted octanol–water partition coefficient (Wildman–Crippen LogP) is 2.04. The van der Waals surface area contributed by atoms with E-state index in [1.165, 1.54) is 6.26 Å². The van der Waals surface area contributed by atoms with Gasteiger partial charge < -0.3 is 4.57 Å².